The summed E-state index contributed by atoms with van der Waals surface area (Å²) in [6, 6.07) is 14.2. The van der Waals surface area contributed by atoms with Gasteiger partial charge in [-0.25, -0.2) is 0 Å². The Balaban J connectivity index is 1.55. The van der Waals surface area contributed by atoms with Crippen LogP contribution in [0.4, 0.5) is 0 Å². The van der Waals surface area contributed by atoms with Gasteiger partial charge in [-0.1, -0.05) is 6.07 Å². The lowest BCUT2D eigenvalue weighted by Crippen LogP contribution is -2.51. The molecule has 2 aromatic rings. The molecule has 3 rings (SSSR count). The highest BCUT2D eigenvalue weighted by molar-refractivity contribution is 5.94. The normalized spacial score (nSPS) is 14.0. The van der Waals surface area contributed by atoms with Crippen molar-refractivity contribution in [3.63, 3.8) is 0 Å². The van der Waals surface area contributed by atoms with Gasteiger partial charge in [0, 0.05) is 43.6 Å². The van der Waals surface area contributed by atoms with Crippen LogP contribution in [0, 0.1) is 11.3 Å². The third-order valence-electron chi connectivity index (χ3n) is 4.24. The molecule has 25 heavy (non-hydrogen) atoms. The molecule has 0 radical (unpaired) electrons. The number of piperazine rings is 1. The smallest absolute Gasteiger partial charge is 0.253 e. The van der Waals surface area contributed by atoms with E-state index in [9.17, 15) is 9.59 Å². The number of rotatable bonds is 3. The van der Waals surface area contributed by atoms with Crippen LogP contribution < -0.4 is 0 Å². The summed E-state index contributed by atoms with van der Waals surface area (Å²) in [7, 11) is 0. The van der Waals surface area contributed by atoms with Crippen molar-refractivity contribution < 1.29 is 9.59 Å². The van der Waals surface area contributed by atoms with E-state index in [-0.39, 0.29) is 18.2 Å². The lowest BCUT2D eigenvalue weighted by atomic mass is 10.1. The van der Waals surface area contributed by atoms with E-state index in [1.165, 1.54) is 0 Å². The van der Waals surface area contributed by atoms with Gasteiger partial charge in [0.2, 0.25) is 5.91 Å². The SMILES string of the molecule is N#Cc1ccc(C(=O)N2CCN(C(=O)Cc3ccccn3)CC2)cc1. The van der Waals surface area contributed by atoms with Crippen LogP contribution in [-0.4, -0.2) is 52.8 Å². The maximum absolute atomic E-state index is 12.5. The number of nitrogens with zero attached hydrogens (tertiary/aromatic N) is 4. The van der Waals surface area contributed by atoms with E-state index in [0.29, 0.717) is 37.3 Å². The van der Waals surface area contributed by atoms with Crippen LogP contribution in [0.15, 0.2) is 48.7 Å². The van der Waals surface area contributed by atoms with E-state index in [4.69, 9.17) is 5.26 Å². The van der Waals surface area contributed by atoms with Crippen LogP contribution >= 0.6 is 0 Å². The minimum atomic E-state index is -0.0682. The minimum Gasteiger partial charge on any atom is -0.339 e. The van der Waals surface area contributed by atoms with Crippen molar-refractivity contribution in [2.45, 2.75) is 6.42 Å². The van der Waals surface area contributed by atoms with E-state index in [0.717, 1.165) is 5.69 Å². The van der Waals surface area contributed by atoms with Crippen LogP contribution in [0.1, 0.15) is 21.6 Å². The van der Waals surface area contributed by atoms with Crippen molar-refractivity contribution in [3.8, 4) is 6.07 Å². The second-order valence-electron chi connectivity index (χ2n) is 5.86. The van der Waals surface area contributed by atoms with E-state index in [1.807, 2.05) is 24.3 Å². The van der Waals surface area contributed by atoms with Crippen molar-refractivity contribution in [1.29, 1.82) is 5.26 Å². The summed E-state index contributed by atoms with van der Waals surface area (Å²) < 4.78 is 0. The number of benzene rings is 1. The van der Waals surface area contributed by atoms with Gasteiger partial charge in [0.15, 0.2) is 0 Å². The zero-order valence-electron chi connectivity index (χ0n) is 13.8. The molecule has 1 fully saturated rings. The highest BCUT2D eigenvalue weighted by atomic mass is 16.2. The number of hydrogen-bond donors (Lipinski definition) is 0. The number of carbonyl (C=O) groups excluding carboxylic acids is 2. The van der Waals surface area contributed by atoms with Crippen LogP contribution in [0.3, 0.4) is 0 Å². The Bertz CT molecular complexity index is 788. The molecule has 1 aliphatic rings. The third-order valence-corrected chi connectivity index (χ3v) is 4.24. The molecule has 2 amide bonds. The molecule has 126 valence electrons. The predicted molar refractivity (Wildman–Crippen MR) is 91.6 cm³/mol. The van der Waals surface area contributed by atoms with Gasteiger partial charge < -0.3 is 9.80 Å². The first kappa shape index (κ1) is 16.7. The van der Waals surface area contributed by atoms with E-state index < -0.39 is 0 Å². The maximum atomic E-state index is 12.5. The first-order valence-electron chi connectivity index (χ1n) is 8.14. The third kappa shape index (κ3) is 4.01. The molecule has 0 atom stereocenters. The highest BCUT2D eigenvalue weighted by Gasteiger charge is 2.25. The zero-order valence-corrected chi connectivity index (χ0v) is 13.8. The van der Waals surface area contributed by atoms with Gasteiger partial charge in [0.1, 0.15) is 0 Å². The van der Waals surface area contributed by atoms with Crippen LogP contribution in [0.2, 0.25) is 0 Å². The fourth-order valence-electron chi connectivity index (χ4n) is 2.80. The summed E-state index contributed by atoms with van der Waals surface area (Å²) in [5, 5.41) is 8.82. The lowest BCUT2D eigenvalue weighted by Gasteiger charge is -2.34. The van der Waals surface area contributed by atoms with E-state index >= 15 is 0 Å². The molecule has 2 heterocycles. The van der Waals surface area contributed by atoms with Gasteiger partial charge >= 0.3 is 0 Å². The predicted octanol–water partition coefficient (Wildman–Crippen LogP) is 1.48. The summed E-state index contributed by atoms with van der Waals surface area (Å²) in [5.41, 5.74) is 1.84. The number of hydrogen-bond acceptors (Lipinski definition) is 4. The topological polar surface area (TPSA) is 77.3 Å². The molecule has 1 aliphatic heterocycles. The first-order chi connectivity index (χ1) is 12.2. The highest BCUT2D eigenvalue weighted by Crippen LogP contribution is 2.11. The molecule has 6 nitrogen and oxygen atoms in total. The molecule has 0 N–H and O–H groups in total. The summed E-state index contributed by atoms with van der Waals surface area (Å²) >= 11 is 0. The summed E-state index contributed by atoms with van der Waals surface area (Å²) in [5.74, 6) is -0.0366. The molecule has 0 bridgehead atoms. The van der Waals surface area contributed by atoms with Crippen molar-refractivity contribution >= 4 is 11.8 Å². The standard InChI is InChI=1S/C19H18N4O2/c20-14-15-4-6-16(7-5-15)19(25)23-11-9-22(10-12-23)18(24)13-17-3-1-2-8-21-17/h1-8H,9-13H2. The Morgan fingerprint density at radius 3 is 2.28 bits per heavy atom. The Morgan fingerprint density at radius 2 is 1.68 bits per heavy atom. The molecule has 0 saturated carbocycles. The Morgan fingerprint density at radius 1 is 1.00 bits per heavy atom. The summed E-state index contributed by atoms with van der Waals surface area (Å²) in [6.45, 7) is 2.06. The first-order valence-corrected chi connectivity index (χ1v) is 8.14. The van der Waals surface area contributed by atoms with E-state index in [1.54, 1.807) is 40.3 Å². The number of nitriles is 1. The van der Waals surface area contributed by atoms with E-state index in [2.05, 4.69) is 4.98 Å². The molecular weight excluding hydrogens is 316 g/mol. The summed E-state index contributed by atoms with van der Waals surface area (Å²) in [4.78, 5) is 32.5. The molecule has 0 spiro atoms. The fourth-order valence-corrected chi connectivity index (χ4v) is 2.80. The van der Waals surface area contributed by atoms with Crippen molar-refractivity contribution in [3.05, 3.63) is 65.5 Å². The molecule has 6 heteroatoms. The van der Waals surface area contributed by atoms with Crippen molar-refractivity contribution in [2.75, 3.05) is 26.2 Å². The maximum Gasteiger partial charge on any atom is 0.253 e. The van der Waals surface area contributed by atoms with Crippen LogP contribution in [-0.2, 0) is 11.2 Å². The van der Waals surface area contributed by atoms with Crippen LogP contribution in [0.5, 0.6) is 0 Å². The second kappa shape index (κ2) is 7.58. The molecular formula is C19H18N4O2. The summed E-state index contributed by atoms with van der Waals surface area (Å²) in [6.07, 6.45) is 1.96. The largest absolute Gasteiger partial charge is 0.339 e. The van der Waals surface area contributed by atoms with Crippen molar-refractivity contribution in [1.82, 2.24) is 14.8 Å². The molecule has 1 saturated heterocycles. The molecule has 0 unspecified atom stereocenters. The lowest BCUT2D eigenvalue weighted by molar-refractivity contribution is -0.132. The Labute approximate surface area is 146 Å². The molecule has 0 aliphatic carbocycles. The van der Waals surface area contributed by atoms with Gasteiger partial charge in [-0.05, 0) is 36.4 Å². The number of pyridine rings is 1. The number of carbonyl (C=O) groups is 2. The fraction of sp³-hybridized carbons (Fsp3) is 0.263. The van der Waals surface area contributed by atoms with Gasteiger partial charge in [-0.2, -0.15) is 5.26 Å². The Hall–Kier alpha value is -3.20. The quantitative estimate of drug-likeness (QED) is 0.852. The Kier molecular flexibility index (Phi) is 5.05. The van der Waals surface area contributed by atoms with Gasteiger partial charge in [-0.15, -0.1) is 0 Å². The number of aromatic nitrogens is 1. The second-order valence-corrected chi connectivity index (χ2v) is 5.86. The van der Waals surface area contributed by atoms with Gasteiger partial charge in [0.05, 0.1) is 18.1 Å². The van der Waals surface area contributed by atoms with Crippen molar-refractivity contribution in [2.24, 2.45) is 0 Å². The number of amides is 2. The monoisotopic (exact) mass is 334 g/mol. The molecule has 1 aromatic carbocycles. The van der Waals surface area contributed by atoms with Gasteiger partial charge in [0.25, 0.3) is 5.91 Å². The molecule has 1 aromatic heterocycles. The van der Waals surface area contributed by atoms with Gasteiger partial charge in [-0.3, -0.25) is 14.6 Å². The minimum absolute atomic E-state index is 0.0316. The zero-order chi connectivity index (χ0) is 17.6. The average Bonchev–Trinajstić information content (AvgIpc) is 2.68. The van der Waals surface area contributed by atoms with Crippen LogP contribution in [0.25, 0.3) is 0 Å². The average molecular weight is 334 g/mol.